The molecule has 5 nitrogen and oxygen atoms in total. The molecule has 1 amide bonds. The predicted molar refractivity (Wildman–Crippen MR) is 83.2 cm³/mol. The molecule has 0 aliphatic rings. The molecule has 0 saturated heterocycles. The first-order valence-corrected chi connectivity index (χ1v) is 7.28. The maximum absolute atomic E-state index is 13.3. The molecule has 130 valence electrons. The molecule has 0 atom stereocenters. The van der Waals surface area contributed by atoms with E-state index in [1.165, 1.54) is 0 Å². The van der Waals surface area contributed by atoms with Crippen molar-refractivity contribution >= 4 is 6.09 Å². The van der Waals surface area contributed by atoms with Crippen molar-refractivity contribution < 1.29 is 23.4 Å². The van der Waals surface area contributed by atoms with E-state index in [0.29, 0.717) is 5.56 Å². The number of phenols is 1. The number of nitrogens with one attached hydrogen (secondary N) is 2. The zero-order chi connectivity index (χ0) is 17.8. The van der Waals surface area contributed by atoms with Crippen LogP contribution in [0.25, 0.3) is 0 Å². The number of ether oxygens (including phenoxy) is 1. The summed E-state index contributed by atoms with van der Waals surface area (Å²) in [4.78, 5) is 11.6. The van der Waals surface area contributed by atoms with Gasteiger partial charge >= 0.3 is 6.09 Å². The van der Waals surface area contributed by atoms with Crippen molar-refractivity contribution in [3.8, 4) is 5.75 Å². The van der Waals surface area contributed by atoms with E-state index in [-0.39, 0.29) is 13.1 Å². The van der Waals surface area contributed by atoms with Gasteiger partial charge in [0.2, 0.25) is 0 Å². The fourth-order valence-corrected chi connectivity index (χ4v) is 1.73. The Kier molecular flexibility index (Phi) is 5.93. The number of amides is 1. The van der Waals surface area contributed by atoms with E-state index in [1.807, 2.05) is 13.8 Å². The largest absolute Gasteiger partial charge is 0.503 e. The summed E-state index contributed by atoms with van der Waals surface area (Å²) in [6, 6.07) is 2.12. The Morgan fingerprint density at radius 1 is 1.17 bits per heavy atom. The maximum atomic E-state index is 13.3. The number of aromatic hydroxyl groups is 1. The van der Waals surface area contributed by atoms with Gasteiger partial charge in [0.25, 0.3) is 0 Å². The van der Waals surface area contributed by atoms with Crippen LogP contribution in [0.3, 0.4) is 0 Å². The summed E-state index contributed by atoms with van der Waals surface area (Å²) in [5.74, 6) is -3.00. The molecule has 0 aliphatic carbocycles. The third kappa shape index (κ3) is 6.81. The zero-order valence-electron chi connectivity index (χ0n) is 14.1. The first-order chi connectivity index (χ1) is 10.4. The van der Waals surface area contributed by atoms with Crippen LogP contribution in [0.4, 0.5) is 13.6 Å². The van der Waals surface area contributed by atoms with Gasteiger partial charge in [-0.15, -0.1) is 0 Å². The average molecular weight is 330 g/mol. The van der Waals surface area contributed by atoms with Crippen LogP contribution in [0.5, 0.6) is 5.75 Å². The third-order valence-electron chi connectivity index (χ3n) is 2.92. The van der Waals surface area contributed by atoms with E-state index in [4.69, 9.17) is 9.84 Å². The molecule has 0 unspecified atom stereocenters. The second-order valence-corrected chi connectivity index (χ2v) is 7.00. The standard InChI is InChI=1S/C16H24F2N2O3/c1-15(2,3)23-14(22)19-9-16(4,5)20-8-10-6-11(17)13(21)12(18)7-10/h6-7,20-21H,8-9H2,1-5H3,(H,19,22). The van der Waals surface area contributed by atoms with Crippen molar-refractivity contribution in [2.45, 2.75) is 52.3 Å². The number of phenolic OH excluding ortho intramolecular Hbond substituents is 1. The molecule has 0 bridgehead atoms. The highest BCUT2D eigenvalue weighted by Gasteiger charge is 2.21. The second-order valence-electron chi connectivity index (χ2n) is 7.00. The Balaban J connectivity index is 2.54. The molecule has 0 aliphatic heterocycles. The van der Waals surface area contributed by atoms with Crippen molar-refractivity contribution in [1.29, 1.82) is 0 Å². The highest BCUT2D eigenvalue weighted by Crippen LogP contribution is 2.21. The summed E-state index contributed by atoms with van der Waals surface area (Å²) >= 11 is 0. The summed E-state index contributed by atoms with van der Waals surface area (Å²) in [5.41, 5.74) is -0.757. The van der Waals surface area contributed by atoms with Crippen molar-refractivity contribution in [3.63, 3.8) is 0 Å². The monoisotopic (exact) mass is 330 g/mol. The van der Waals surface area contributed by atoms with Crippen LogP contribution in [-0.2, 0) is 11.3 Å². The lowest BCUT2D eigenvalue weighted by Gasteiger charge is -2.28. The van der Waals surface area contributed by atoms with E-state index in [9.17, 15) is 13.6 Å². The second kappa shape index (κ2) is 7.12. The van der Waals surface area contributed by atoms with E-state index in [1.54, 1.807) is 20.8 Å². The Hall–Kier alpha value is -1.89. The van der Waals surface area contributed by atoms with Crippen molar-refractivity contribution in [2.75, 3.05) is 6.54 Å². The lowest BCUT2D eigenvalue weighted by Crippen LogP contribution is -2.49. The van der Waals surface area contributed by atoms with Gasteiger partial charge in [-0.3, -0.25) is 0 Å². The average Bonchev–Trinajstić information content (AvgIpc) is 2.38. The molecule has 23 heavy (non-hydrogen) atoms. The Morgan fingerprint density at radius 3 is 2.17 bits per heavy atom. The van der Waals surface area contributed by atoms with Crippen LogP contribution in [0, 0.1) is 11.6 Å². The predicted octanol–water partition coefficient (Wildman–Crippen LogP) is 3.06. The van der Waals surface area contributed by atoms with Crippen molar-refractivity contribution in [1.82, 2.24) is 10.6 Å². The van der Waals surface area contributed by atoms with E-state index >= 15 is 0 Å². The molecule has 1 aromatic rings. The minimum absolute atomic E-state index is 0.178. The summed E-state index contributed by atoms with van der Waals surface area (Å²) in [6.07, 6.45) is -0.533. The Bertz CT molecular complexity index is 546. The Morgan fingerprint density at radius 2 is 1.70 bits per heavy atom. The number of carbonyl (C=O) groups excluding carboxylic acids is 1. The fraction of sp³-hybridized carbons (Fsp3) is 0.562. The van der Waals surface area contributed by atoms with Gasteiger partial charge in [-0.25, -0.2) is 13.6 Å². The molecule has 1 aromatic carbocycles. The molecule has 7 heteroatoms. The minimum atomic E-state index is -1.01. The van der Waals surface area contributed by atoms with Gasteiger partial charge in [-0.1, -0.05) is 0 Å². The highest BCUT2D eigenvalue weighted by molar-refractivity contribution is 5.67. The number of hydrogen-bond acceptors (Lipinski definition) is 4. The van der Waals surface area contributed by atoms with Crippen LogP contribution in [0.1, 0.15) is 40.2 Å². The number of hydrogen-bond donors (Lipinski definition) is 3. The molecule has 0 heterocycles. The SMILES string of the molecule is CC(C)(CNC(=O)OC(C)(C)C)NCc1cc(F)c(O)c(F)c1. The molecular weight excluding hydrogens is 306 g/mol. The fourth-order valence-electron chi connectivity index (χ4n) is 1.73. The summed E-state index contributed by atoms with van der Waals surface area (Å²) < 4.78 is 31.7. The topological polar surface area (TPSA) is 70.6 Å². The first-order valence-electron chi connectivity index (χ1n) is 7.28. The van der Waals surface area contributed by atoms with E-state index in [2.05, 4.69) is 10.6 Å². The van der Waals surface area contributed by atoms with Crippen molar-refractivity contribution in [2.24, 2.45) is 0 Å². The highest BCUT2D eigenvalue weighted by atomic mass is 19.1. The summed E-state index contributed by atoms with van der Waals surface area (Å²) in [6.45, 7) is 9.41. The van der Waals surface area contributed by atoms with Gasteiger partial charge in [0.1, 0.15) is 5.60 Å². The number of halogens is 2. The van der Waals surface area contributed by atoms with Gasteiger partial charge in [0.05, 0.1) is 0 Å². The molecule has 0 spiro atoms. The van der Waals surface area contributed by atoms with E-state index in [0.717, 1.165) is 12.1 Å². The van der Waals surface area contributed by atoms with Gasteiger partial charge in [-0.2, -0.15) is 0 Å². The van der Waals surface area contributed by atoms with Gasteiger partial charge in [0, 0.05) is 18.6 Å². The van der Waals surface area contributed by atoms with E-state index < -0.39 is 34.6 Å². The maximum Gasteiger partial charge on any atom is 0.407 e. The number of carbonyl (C=O) groups is 1. The minimum Gasteiger partial charge on any atom is -0.503 e. The normalized spacial score (nSPS) is 12.1. The van der Waals surface area contributed by atoms with Gasteiger partial charge < -0.3 is 20.5 Å². The third-order valence-corrected chi connectivity index (χ3v) is 2.92. The number of rotatable bonds is 5. The summed E-state index contributed by atoms with van der Waals surface area (Å²) in [5, 5.41) is 14.8. The van der Waals surface area contributed by atoms with Crippen LogP contribution in [-0.4, -0.2) is 28.9 Å². The smallest absolute Gasteiger partial charge is 0.407 e. The van der Waals surface area contributed by atoms with Crippen LogP contribution >= 0.6 is 0 Å². The molecule has 0 radical (unpaired) electrons. The van der Waals surface area contributed by atoms with Crippen molar-refractivity contribution in [3.05, 3.63) is 29.3 Å². The zero-order valence-corrected chi connectivity index (χ0v) is 14.1. The lowest BCUT2D eigenvalue weighted by molar-refractivity contribution is 0.0513. The molecular formula is C16H24F2N2O3. The number of benzene rings is 1. The number of alkyl carbamates (subject to hydrolysis) is 1. The van der Waals surface area contributed by atoms with Crippen LogP contribution < -0.4 is 10.6 Å². The lowest BCUT2D eigenvalue weighted by atomic mass is 10.0. The van der Waals surface area contributed by atoms with Gasteiger partial charge in [-0.05, 0) is 52.3 Å². The molecule has 0 saturated carbocycles. The Labute approximate surface area is 135 Å². The quantitative estimate of drug-likeness (QED) is 0.776. The van der Waals surface area contributed by atoms with Gasteiger partial charge in [0.15, 0.2) is 17.4 Å². The first kappa shape index (κ1) is 19.2. The van der Waals surface area contributed by atoms with Crippen LogP contribution in [0.2, 0.25) is 0 Å². The van der Waals surface area contributed by atoms with Crippen LogP contribution in [0.15, 0.2) is 12.1 Å². The molecule has 0 aromatic heterocycles. The molecule has 1 rings (SSSR count). The molecule has 3 N–H and O–H groups in total. The summed E-state index contributed by atoms with van der Waals surface area (Å²) in [7, 11) is 0. The molecule has 0 fully saturated rings.